The second-order valence-corrected chi connectivity index (χ2v) is 10.6. The lowest BCUT2D eigenvalue weighted by atomic mass is 9.74. The number of urea groups is 1. The minimum absolute atomic E-state index is 0.0351. The topological polar surface area (TPSA) is 73.0 Å². The molecule has 3 heterocycles. The summed E-state index contributed by atoms with van der Waals surface area (Å²) in [6, 6.07) is 0.233. The van der Waals surface area contributed by atoms with Gasteiger partial charge in [-0.2, -0.15) is 0 Å². The summed E-state index contributed by atoms with van der Waals surface area (Å²) in [4.78, 5) is 45.2. The molecule has 2 unspecified atom stereocenters. The Balaban J connectivity index is 1.36. The fourth-order valence-corrected chi connectivity index (χ4v) is 6.51. The molecule has 0 spiro atoms. The van der Waals surface area contributed by atoms with E-state index in [0.717, 1.165) is 51.5 Å². The van der Waals surface area contributed by atoms with Gasteiger partial charge >= 0.3 is 6.03 Å². The maximum atomic E-state index is 13.6. The van der Waals surface area contributed by atoms with Crippen molar-refractivity contribution in [2.45, 2.75) is 95.6 Å². The molecule has 4 rings (SSSR count). The highest BCUT2D eigenvalue weighted by Crippen LogP contribution is 2.37. The summed E-state index contributed by atoms with van der Waals surface area (Å²) in [5.41, 5.74) is 0.492. The van der Waals surface area contributed by atoms with Crippen LogP contribution in [0.4, 0.5) is 4.79 Å². The average Bonchev–Trinajstić information content (AvgIpc) is 3.33. The Kier molecular flexibility index (Phi) is 7.77. The summed E-state index contributed by atoms with van der Waals surface area (Å²) in [6.07, 6.45) is 13.6. The largest absolute Gasteiger partial charge is 0.342 e. The number of carbonyl (C=O) groups is 3. The first kappa shape index (κ1) is 24.2. The number of allylic oxidation sites excluding steroid dienone is 1. The molecule has 3 saturated heterocycles. The molecule has 1 N–H and O–H groups in total. The molecule has 4 aliphatic rings. The van der Waals surface area contributed by atoms with Gasteiger partial charge in [0.2, 0.25) is 5.91 Å². The van der Waals surface area contributed by atoms with Gasteiger partial charge < -0.3 is 15.1 Å². The predicted octanol–water partition coefficient (Wildman–Crippen LogP) is 3.69. The van der Waals surface area contributed by atoms with E-state index in [-0.39, 0.29) is 23.8 Å². The second-order valence-electron chi connectivity index (χ2n) is 10.6. The summed E-state index contributed by atoms with van der Waals surface area (Å²) in [5.74, 6) is 0.272. The van der Waals surface area contributed by atoms with Crippen molar-refractivity contribution in [2.75, 3.05) is 33.2 Å². The SMILES string of the molecule is CCCC1(C2CCN(C(=O)CC3=CCCCC3)CC2)NC(=O)N(CCC2CCCN2C)C1=O. The van der Waals surface area contributed by atoms with Crippen molar-refractivity contribution in [2.24, 2.45) is 5.92 Å². The van der Waals surface area contributed by atoms with Crippen LogP contribution in [0.5, 0.6) is 0 Å². The molecule has 1 aliphatic carbocycles. The van der Waals surface area contributed by atoms with Crippen LogP contribution in [0.1, 0.15) is 84.0 Å². The molecule has 7 nitrogen and oxygen atoms in total. The van der Waals surface area contributed by atoms with Gasteiger partial charge in [-0.1, -0.05) is 25.0 Å². The minimum atomic E-state index is -0.797. The number of nitrogens with zero attached hydrogens (tertiary/aromatic N) is 3. The van der Waals surface area contributed by atoms with Crippen LogP contribution in [0.3, 0.4) is 0 Å². The van der Waals surface area contributed by atoms with Crippen LogP contribution >= 0.6 is 0 Å². The quantitative estimate of drug-likeness (QED) is 0.445. The van der Waals surface area contributed by atoms with Crippen molar-refractivity contribution in [3.8, 4) is 0 Å². The lowest BCUT2D eigenvalue weighted by molar-refractivity contribution is -0.136. The van der Waals surface area contributed by atoms with Crippen molar-refractivity contribution < 1.29 is 14.4 Å². The zero-order valence-corrected chi connectivity index (χ0v) is 20.6. The molecular formula is C26H42N4O3. The van der Waals surface area contributed by atoms with Gasteiger partial charge in [-0.3, -0.25) is 14.5 Å². The van der Waals surface area contributed by atoms with E-state index in [1.807, 2.05) is 4.90 Å². The van der Waals surface area contributed by atoms with E-state index < -0.39 is 5.54 Å². The number of carbonyl (C=O) groups excluding carboxylic acids is 3. The Morgan fingerprint density at radius 3 is 2.55 bits per heavy atom. The molecule has 0 aromatic carbocycles. The fraction of sp³-hybridized carbons (Fsp3) is 0.808. The number of imide groups is 1. The predicted molar refractivity (Wildman–Crippen MR) is 129 cm³/mol. The van der Waals surface area contributed by atoms with Crippen molar-refractivity contribution in [3.63, 3.8) is 0 Å². The highest BCUT2D eigenvalue weighted by molar-refractivity contribution is 6.07. The Morgan fingerprint density at radius 2 is 1.91 bits per heavy atom. The van der Waals surface area contributed by atoms with Crippen LogP contribution in [0.2, 0.25) is 0 Å². The van der Waals surface area contributed by atoms with Crippen LogP contribution in [0, 0.1) is 5.92 Å². The minimum Gasteiger partial charge on any atom is -0.342 e. The van der Waals surface area contributed by atoms with Gasteiger partial charge in [0.1, 0.15) is 5.54 Å². The van der Waals surface area contributed by atoms with Crippen LogP contribution in [0.15, 0.2) is 11.6 Å². The van der Waals surface area contributed by atoms with Gasteiger partial charge in [-0.15, -0.1) is 0 Å². The molecule has 0 aromatic heterocycles. The molecule has 0 aromatic rings. The number of hydrogen-bond acceptors (Lipinski definition) is 4. The molecule has 4 amide bonds. The third-order valence-corrected chi connectivity index (χ3v) is 8.51. The summed E-state index contributed by atoms with van der Waals surface area (Å²) >= 11 is 0. The highest BCUT2D eigenvalue weighted by Gasteiger charge is 2.55. The van der Waals surface area contributed by atoms with Gasteiger partial charge in [0.25, 0.3) is 5.91 Å². The number of piperidine rings is 1. The molecule has 2 atom stereocenters. The van der Waals surface area contributed by atoms with E-state index in [1.54, 1.807) is 0 Å². The van der Waals surface area contributed by atoms with Crippen LogP contribution in [0.25, 0.3) is 0 Å². The van der Waals surface area contributed by atoms with Gasteiger partial charge in [0.05, 0.1) is 0 Å². The Hall–Kier alpha value is -1.89. The highest BCUT2D eigenvalue weighted by atomic mass is 16.2. The molecule has 0 radical (unpaired) electrons. The van der Waals surface area contributed by atoms with E-state index in [4.69, 9.17) is 0 Å². The molecule has 0 bridgehead atoms. The zero-order valence-electron chi connectivity index (χ0n) is 20.6. The monoisotopic (exact) mass is 458 g/mol. The van der Waals surface area contributed by atoms with Crippen molar-refractivity contribution in [1.82, 2.24) is 20.0 Å². The summed E-state index contributed by atoms with van der Waals surface area (Å²) in [7, 11) is 2.13. The van der Waals surface area contributed by atoms with E-state index >= 15 is 0 Å². The summed E-state index contributed by atoms with van der Waals surface area (Å²) < 4.78 is 0. The number of rotatable bonds is 8. The Morgan fingerprint density at radius 1 is 1.12 bits per heavy atom. The van der Waals surface area contributed by atoms with Crippen molar-refractivity contribution >= 4 is 17.8 Å². The number of hydrogen-bond donors (Lipinski definition) is 1. The maximum absolute atomic E-state index is 13.6. The van der Waals surface area contributed by atoms with Gasteiger partial charge in [-0.25, -0.2) is 4.79 Å². The van der Waals surface area contributed by atoms with Crippen LogP contribution in [-0.2, 0) is 9.59 Å². The van der Waals surface area contributed by atoms with Gasteiger partial charge in [0.15, 0.2) is 0 Å². The van der Waals surface area contributed by atoms with Crippen LogP contribution in [-0.4, -0.2) is 77.4 Å². The average molecular weight is 459 g/mol. The maximum Gasteiger partial charge on any atom is 0.325 e. The van der Waals surface area contributed by atoms with Crippen molar-refractivity contribution in [1.29, 1.82) is 0 Å². The molecule has 184 valence electrons. The standard InChI is InChI=1S/C26H42N4O3/c1-3-14-26(24(32)30(25(33)27-26)18-13-22-10-7-15-28(22)2)21-11-16-29(17-12-21)23(31)19-20-8-5-4-6-9-20/h8,21-22H,3-7,9-19H2,1-2H3,(H,27,33). The smallest absolute Gasteiger partial charge is 0.325 e. The number of likely N-dealkylation sites (tertiary alicyclic amines) is 2. The lowest BCUT2D eigenvalue weighted by Crippen LogP contribution is -2.56. The van der Waals surface area contributed by atoms with E-state index in [0.29, 0.717) is 38.5 Å². The molecule has 3 fully saturated rings. The number of nitrogens with one attached hydrogen (secondary N) is 1. The molecule has 33 heavy (non-hydrogen) atoms. The van der Waals surface area contributed by atoms with E-state index in [2.05, 4.69) is 30.3 Å². The summed E-state index contributed by atoms with van der Waals surface area (Å²) in [6.45, 7) is 5.03. The second kappa shape index (κ2) is 10.6. The Bertz CT molecular complexity index is 773. The van der Waals surface area contributed by atoms with Crippen LogP contribution < -0.4 is 5.32 Å². The third kappa shape index (κ3) is 5.13. The molecule has 3 aliphatic heterocycles. The van der Waals surface area contributed by atoms with E-state index in [9.17, 15) is 14.4 Å². The first-order valence-electron chi connectivity index (χ1n) is 13.2. The lowest BCUT2D eigenvalue weighted by Gasteiger charge is -2.41. The first-order chi connectivity index (χ1) is 15.9. The molecular weight excluding hydrogens is 416 g/mol. The molecule has 0 saturated carbocycles. The van der Waals surface area contributed by atoms with Crippen molar-refractivity contribution in [3.05, 3.63) is 11.6 Å². The molecule has 7 heteroatoms. The first-order valence-corrected chi connectivity index (χ1v) is 13.2. The third-order valence-electron chi connectivity index (χ3n) is 8.51. The van der Waals surface area contributed by atoms with E-state index in [1.165, 1.54) is 29.7 Å². The summed E-state index contributed by atoms with van der Waals surface area (Å²) in [5, 5.41) is 3.15. The zero-order chi connectivity index (χ0) is 23.4. The number of amides is 4. The normalized spacial score (nSPS) is 29.5. The Labute approximate surface area is 198 Å². The van der Waals surface area contributed by atoms with Gasteiger partial charge in [0, 0.05) is 32.1 Å². The fourth-order valence-electron chi connectivity index (χ4n) is 6.51. The van der Waals surface area contributed by atoms with Gasteiger partial charge in [-0.05, 0) is 83.7 Å².